The maximum atomic E-state index is 14.0. The van der Waals surface area contributed by atoms with E-state index in [1.165, 1.54) is 24.4 Å². The van der Waals surface area contributed by atoms with Gasteiger partial charge in [-0.15, -0.1) is 0 Å². The molecule has 1 spiro atoms. The largest absolute Gasteiger partial charge is 0.490 e. The fraction of sp³-hybridized carbons (Fsp3) is 0.333. The minimum atomic E-state index is -0.974. The molecule has 0 bridgehead atoms. The number of hydrogen-bond donors (Lipinski definition) is 4. The second-order valence-electron chi connectivity index (χ2n) is 12.7. The van der Waals surface area contributed by atoms with Crippen LogP contribution in [0.5, 0.6) is 11.5 Å². The van der Waals surface area contributed by atoms with Crippen molar-refractivity contribution >= 4 is 23.2 Å². The highest BCUT2D eigenvalue weighted by Crippen LogP contribution is 2.57. The zero-order chi connectivity index (χ0) is 32.1. The molecule has 0 atom stereocenters. The Morgan fingerprint density at radius 2 is 1.69 bits per heavy atom. The Balaban J connectivity index is 1.05. The van der Waals surface area contributed by atoms with Gasteiger partial charge in [-0.05, 0) is 92.5 Å². The summed E-state index contributed by atoms with van der Waals surface area (Å²) < 4.78 is 27.4. The van der Waals surface area contributed by atoms with E-state index in [-0.39, 0.29) is 41.2 Å². The van der Waals surface area contributed by atoms with Crippen LogP contribution in [-0.4, -0.2) is 56.8 Å². The monoisotopic (exact) mass is 615 g/mol. The molecular formula is C33H34FN5O6. The van der Waals surface area contributed by atoms with Gasteiger partial charge in [0.25, 0.3) is 17.7 Å². The van der Waals surface area contributed by atoms with Crippen molar-refractivity contribution in [1.82, 2.24) is 14.9 Å². The third-order valence-corrected chi connectivity index (χ3v) is 8.45. The van der Waals surface area contributed by atoms with Crippen molar-refractivity contribution < 1.29 is 33.4 Å². The maximum Gasteiger partial charge on any atom is 0.255 e. The molecule has 12 heteroatoms. The molecule has 6 N–H and O–H groups in total. The lowest BCUT2D eigenvalue weighted by Crippen LogP contribution is -2.58. The number of nitrogens with two attached hydrogens (primary N) is 2. The summed E-state index contributed by atoms with van der Waals surface area (Å²) in [5, 5.41) is 17.3. The van der Waals surface area contributed by atoms with Crippen molar-refractivity contribution in [2.24, 2.45) is 16.9 Å². The van der Waals surface area contributed by atoms with E-state index in [2.05, 4.69) is 10.4 Å². The molecule has 2 saturated carbocycles. The summed E-state index contributed by atoms with van der Waals surface area (Å²) in [5.74, 6) is -1.59. The van der Waals surface area contributed by atoms with E-state index in [1.807, 2.05) is 0 Å². The summed E-state index contributed by atoms with van der Waals surface area (Å²) in [6.07, 6.45) is 6.18. The Morgan fingerprint density at radius 1 is 1.00 bits per heavy atom. The van der Waals surface area contributed by atoms with Crippen LogP contribution in [0.4, 0.5) is 4.39 Å². The first kappa shape index (κ1) is 30.1. The fourth-order valence-electron chi connectivity index (χ4n) is 6.24. The molecule has 2 aliphatic carbocycles. The van der Waals surface area contributed by atoms with E-state index >= 15 is 0 Å². The molecule has 0 radical (unpaired) electrons. The third kappa shape index (κ3) is 6.18. The van der Waals surface area contributed by atoms with Crippen LogP contribution in [0.25, 0.3) is 16.6 Å². The van der Waals surface area contributed by atoms with Gasteiger partial charge in [-0.25, -0.2) is 8.91 Å². The molecule has 0 unspecified atom stereocenters. The first-order valence-electron chi connectivity index (χ1n) is 14.6. The van der Waals surface area contributed by atoms with Gasteiger partial charge < -0.3 is 31.4 Å². The Hall–Kier alpha value is -4.97. The van der Waals surface area contributed by atoms with Crippen LogP contribution in [0.3, 0.4) is 0 Å². The number of rotatable bonds is 10. The van der Waals surface area contributed by atoms with Gasteiger partial charge in [0, 0.05) is 6.04 Å². The van der Waals surface area contributed by atoms with E-state index < -0.39 is 23.2 Å². The highest BCUT2D eigenvalue weighted by atomic mass is 19.1. The molecule has 2 aliphatic rings. The van der Waals surface area contributed by atoms with E-state index in [0.29, 0.717) is 33.7 Å². The number of hydrogen-bond acceptors (Lipinski definition) is 7. The summed E-state index contributed by atoms with van der Waals surface area (Å²) in [4.78, 5) is 36.8. The van der Waals surface area contributed by atoms with Crippen LogP contribution in [-0.2, 0) is 0 Å². The highest BCUT2D eigenvalue weighted by Gasteiger charge is 2.54. The number of primary amides is 2. The SMILES string of the molecule is CC(C)(O)COc1ccc2c(C(=O)NC3CC4(C3)CC(Oc3cc(-c5ccc(F)c(C(N)=O)c5)ccc3C(N)=O)C4)cnn2c1. The van der Waals surface area contributed by atoms with Gasteiger partial charge in [-0.1, -0.05) is 12.1 Å². The summed E-state index contributed by atoms with van der Waals surface area (Å²) in [5.41, 5.74) is 12.2. The lowest BCUT2D eigenvalue weighted by molar-refractivity contribution is -0.0834. The van der Waals surface area contributed by atoms with Gasteiger partial charge >= 0.3 is 0 Å². The zero-order valence-electron chi connectivity index (χ0n) is 24.9. The third-order valence-electron chi connectivity index (χ3n) is 8.45. The number of nitrogens with zero attached hydrogens (tertiary/aromatic N) is 2. The van der Waals surface area contributed by atoms with Crippen LogP contribution in [0.15, 0.2) is 60.9 Å². The first-order valence-corrected chi connectivity index (χ1v) is 14.6. The molecule has 2 fully saturated rings. The van der Waals surface area contributed by atoms with E-state index in [1.54, 1.807) is 54.9 Å². The maximum absolute atomic E-state index is 14.0. The molecule has 0 aliphatic heterocycles. The molecule has 11 nitrogen and oxygen atoms in total. The molecule has 4 aromatic rings. The van der Waals surface area contributed by atoms with E-state index in [9.17, 15) is 23.9 Å². The predicted octanol–water partition coefficient (Wildman–Crippen LogP) is 3.61. The van der Waals surface area contributed by atoms with Crippen molar-refractivity contribution in [3.63, 3.8) is 0 Å². The number of carbonyl (C=O) groups excluding carboxylic acids is 3. The summed E-state index contributed by atoms with van der Waals surface area (Å²) in [6, 6.07) is 12.4. The first-order chi connectivity index (χ1) is 21.3. The van der Waals surface area contributed by atoms with Crippen molar-refractivity contribution in [2.45, 2.75) is 57.3 Å². The zero-order valence-corrected chi connectivity index (χ0v) is 24.9. The average Bonchev–Trinajstić information content (AvgIpc) is 3.37. The molecule has 3 amide bonds. The number of nitrogens with one attached hydrogen (secondary N) is 1. The van der Waals surface area contributed by atoms with E-state index in [0.717, 1.165) is 25.7 Å². The van der Waals surface area contributed by atoms with Crippen molar-refractivity contribution in [3.8, 4) is 22.6 Å². The lowest BCUT2D eigenvalue weighted by Gasteiger charge is -2.57. The Morgan fingerprint density at radius 3 is 2.38 bits per heavy atom. The second-order valence-corrected chi connectivity index (χ2v) is 12.7. The predicted molar refractivity (Wildman–Crippen MR) is 162 cm³/mol. The number of benzene rings is 2. The molecule has 45 heavy (non-hydrogen) atoms. The quantitative estimate of drug-likeness (QED) is 0.211. The van der Waals surface area contributed by atoms with Gasteiger partial charge in [-0.2, -0.15) is 5.10 Å². The Bertz CT molecular complexity index is 1820. The number of aromatic nitrogens is 2. The van der Waals surface area contributed by atoms with E-state index in [4.69, 9.17) is 20.9 Å². The minimum absolute atomic E-state index is 0.0187. The normalized spacial score (nSPS) is 20.7. The van der Waals surface area contributed by atoms with Crippen molar-refractivity contribution in [1.29, 1.82) is 0 Å². The molecule has 0 saturated heterocycles. The fourth-order valence-corrected chi connectivity index (χ4v) is 6.24. The summed E-state index contributed by atoms with van der Waals surface area (Å²) >= 11 is 0. The lowest BCUT2D eigenvalue weighted by atomic mass is 9.53. The van der Waals surface area contributed by atoms with Crippen LogP contribution < -0.4 is 26.3 Å². The number of fused-ring (bicyclic) bond motifs is 1. The summed E-state index contributed by atoms with van der Waals surface area (Å²) in [6.45, 7) is 3.43. The summed E-state index contributed by atoms with van der Waals surface area (Å²) in [7, 11) is 0. The Kier molecular flexibility index (Phi) is 7.48. The average molecular weight is 616 g/mol. The van der Waals surface area contributed by atoms with Gasteiger partial charge in [0.2, 0.25) is 0 Å². The van der Waals surface area contributed by atoms with Gasteiger partial charge in [0.1, 0.15) is 23.9 Å². The number of aliphatic hydroxyl groups is 1. The number of carbonyl (C=O) groups is 3. The molecule has 2 aromatic heterocycles. The number of amides is 3. The molecule has 6 rings (SSSR count). The van der Waals surface area contributed by atoms with Gasteiger partial charge in [0.05, 0.1) is 46.3 Å². The minimum Gasteiger partial charge on any atom is -0.490 e. The molecule has 2 aromatic carbocycles. The molecule has 2 heterocycles. The van der Waals surface area contributed by atoms with Crippen molar-refractivity contribution in [3.05, 3.63) is 83.4 Å². The van der Waals surface area contributed by atoms with Crippen LogP contribution in [0, 0.1) is 11.2 Å². The standard InChI is InChI=1S/C33H34FN5O6/c1-32(2,43)17-44-21-5-8-27-25(15-37-39(27)16-21)31(42)38-20-11-33(12-20)13-22(14-33)45-28-10-19(3-6-23(28)29(35)40)18-4-7-26(34)24(9-18)30(36)41/h3-10,15-16,20,22,43H,11-14,17H2,1-2H3,(H2,35,40)(H2,36,41)(H,38,42). The van der Waals surface area contributed by atoms with Crippen LogP contribution in [0.1, 0.15) is 70.6 Å². The number of pyridine rings is 1. The highest BCUT2D eigenvalue weighted by molar-refractivity contribution is 6.01. The van der Waals surface area contributed by atoms with Crippen LogP contribution in [0.2, 0.25) is 0 Å². The molecular weight excluding hydrogens is 581 g/mol. The van der Waals surface area contributed by atoms with Gasteiger partial charge in [-0.3, -0.25) is 14.4 Å². The van der Waals surface area contributed by atoms with Crippen LogP contribution >= 0.6 is 0 Å². The topological polar surface area (TPSA) is 171 Å². The Labute approximate surface area is 258 Å². The molecule has 234 valence electrons. The van der Waals surface area contributed by atoms with Crippen molar-refractivity contribution in [2.75, 3.05) is 6.61 Å². The second kappa shape index (κ2) is 11.2. The smallest absolute Gasteiger partial charge is 0.255 e. The number of halogens is 1. The number of ether oxygens (including phenoxy) is 2. The van der Waals surface area contributed by atoms with Gasteiger partial charge in [0.15, 0.2) is 0 Å².